The molecule has 12 heavy (non-hydrogen) atoms. The second-order valence-electron chi connectivity index (χ2n) is 2.77. The van der Waals surface area contributed by atoms with Gasteiger partial charge in [0.15, 0.2) is 0 Å². The molecule has 0 aliphatic heterocycles. The van der Waals surface area contributed by atoms with Gasteiger partial charge in [0.2, 0.25) is 0 Å². The highest BCUT2D eigenvalue weighted by atomic mass is 35.8. The highest BCUT2D eigenvalue weighted by molar-refractivity contribution is 7.67. The molecule has 0 heterocycles. The molecule has 0 saturated heterocycles. The fourth-order valence-corrected chi connectivity index (χ4v) is 16.4. The number of hydrogen-bond donors (Lipinski definition) is 0. The van der Waals surface area contributed by atoms with E-state index in [4.69, 9.17) is 55.4 Å². The Balaban J connectivity index is 4.70. The summed E-state index contributed by atoms with van der Waals surface area (Å²) in [5, 5.41) is 0. The van der Waals surface area contributed by atoms with E-state index in [0.717, 1.165) is 0 Å². The van der Waals surface area contributed by atoms with Crippen LogP contribution in [0.2, 0.25) is 6.55 Å². The molecule has 0 rings (SSSR count). The van der Waals surface area contributed by atoms with Crippen molar-refractivity contribution < 1.29 is 0 Å². The van der Waals surface area contributed by atoms with E-state index in [0.29, 0.717) is 0 Å². The molecule has 0 aromatic carbocycles. The van der Waals surface area contributed by atoms with Crippen LogP contribution >= 0.6 is 55.4 Å². The summed E-state index contributed by atoms with van der Waals surface area (Å²) in [6.07, 6.45) is -2.94. The fourth-order valence-electron chi connectivity index (χ4n) is 0.969. The molecule has 1 nitrogen and oxygen atoms in total. The van der Waals surface area contributed by atoms with Crippen LogP contribution in [0.5, 0.6) is 0 Å². The molecule has 0 amide bonds. The first-order valence-corrected chi connectivity index (χ1v) is 12.8. The zero-order chi connectivity index (χ0) is 10.2. The van der Waals surface area contributed by atoms with Gasteiger partial charge in [-0.3, -0.25) is 4.23 Å². The van der Waals surface area contributed by atoms with Crippen molar-refractivity contribution in [1.82, 2.24) is 4.23 Å². The Morgan fingerprint density at radius 1 is 1.00 bits per heavy atom. The lowest BCUT2D eigenvalue weighted by molar-refractivity contribution is 0.542. The summed E-state index contributed by atoms with van der Waals surface area (Å²) in [5.41, 5.74) is 0. The molecule has 0 aliphatic rings. The Bertz CT molecular complexity index is 137. The van der Waals surface area contributed by atoms with Crippen molar-refractivity contribution >= 4 is 68.4 Å². The van der Waals surface area contributed by atoms with Gasteiger partial charge in [0, 0.05) is 0 Å². The summed E-state index contributed by atoms with van der Waals surface area (Å²) in [6, 6.07) is 0.0656. The summed E-state index contributed by atoms with van der Waals surface area (Å²) in [5.74, 6) is 0. The lowest BCUT2D eigenvalue weighted by Gasteiger charge is -2.37. The highest BCUT2D eigenvalue weighted by Crippen LogP contribution is 2.35. The minimum absolute atomic E-state index is 0.0656. The molecule has 0 N–H and O–H groups in total. The van der Waals surface area contributed by atoms with Gasteiger partial charge < -0.3 is 0 Å². The molecule has 0 fully saturated rings. The van der Waals surface area contributed by atoms with Gasteiger partial charge in [0.05, 0.1) is 0 Å². The van der Waals surface area contributed by atoms with Gasteiger partial charge in [-0.2, -0.15) is 0 Å². The van der Waals surface area contributed by atoms with Crippen LogP contribution in [0.3, 0.4) is 0 Å². The maximum absolute atomic E-state index is 5.99. The van der Waals surface area contributed by atoms with Crippen LogP contribution in [0.1, 0.15) is 13.8 Å². The van der Waals surface area contributed by atoms with Gasteiger partial charge in [-0.05, 0) is 12.6 Å². The van der Waals surface area contributed by atoms with E-state index >= 15 is 0 Å². The van der Waals surface area contributed by atoms with Crippen molar-refractivity contribution in [2.24, 2.45) is 0 Å². The summed E-state index contributed by atoms with van der Waals surface area (Å²) >= 11 is 29.5. The lowest BCUT2D eigenvalue weighted by atomic mass is 10.4. The minimum atomic E-state index is -2.94. The van der Waals surface area contributed by atoms with Crippen molar-refractivity contribution in [3.05, 3.63) is 0 Å². The Labute approximate surface area is 98.6 Å². The third-order valence-electron chi connectivity index (χ3n) is 1.21. The Kier molecular flexibility index (Phi) is 5.28. The summed E-state index contributed by atoms with van der Waals surface area (Å²) < 4.78 is 1.65. The Morgan fingerprint density at radius 2 is 1.33 bits per heavy atom. The van der Waals surface area contributed by atoms with Gasteiger partial charge in [0.1, 0.15) is 0 Å². The fraction of sp³-hybridized carbons (Fsp3) is 1.00. The molecule has 0 atom stereocenters. The first-order valence-electron chi connectivity index (χ1n) is 3.31. The van der Waals surface area contributed by atoms with E-state index in [1.165, 1.54) is 0 Å². The van der Waals surface area contributed by atoms with Crippen molar-refractivity contribution in [3.63, 3.8) is 0 Å². The maximum atomic E-state index is 5.99. The van der Waals surface area contributed by atoms with Crippen molar-refractivity contribution in [2.75, 3.05) is 0 Å². The van der Waals surface area contributed by atoms with Crippen LogP contribution in [-0.4, -0.2) is 23.3 Å². The van der Waals surface area contributed by atoms with Crippen molar-refractivity contribution in [2.45, 2.75) is 26.4 Å². The number of halogens is 5. The molecule has 0 saturated carbocycles. The first-order chi connectivity index (χ1) is 5.07. The standard InChI is InChI=1S/C4H10Cl5NSi2/c1-4(2)10(11(3,5)6)12(7,8)9/h4H,1-3H3. The molecule has 8 heteroatoms. The summed E-state index contributed by atoms with van der Waals surface area (Å²) in [7, 11) is 0. The largest absolute Gasteiger partial charge is 0.419 e. The number of rotatable bonds is 3. The maximum Gasteiger partial charge on any atom is 0.419 e. The number of hydrogen-bond acceptors (Lipinski definition) is 1. The van der Waals surface area contributed by atoms with Crippen molar-refractivity contribution in [3.8, 4) is 0 Å². The topological polar surface area (TPSA) is 3.24 Å². The van der Waals surface area contributed by atoms with Crippen LogP contribution in [0.4, 0.5) is 0 Å². The molecular formula is C4H10Cl5NSi2. The average Bonchev–Trinajstić information content (AvgIpc) is 1.49. The third-order valence-corrected chi connectivity index (χ3v) is 10.8. The predicted molar refractivity (Wildman–Crippen MR) is 63.6 cm³/mol. The second kappa shape index (κ2) is 4.58. The molecule has 0 radical (unpaired) electrons. The Hall–Kier alpha value is 1.84. The average molecular weight is 306 g/mol. The van der Waals surface area contributed by atoms with Gasteiger partial charge in [-0.1, -0.05) is 13.8 Å². The molecular weight excluding hydrogens is 295 g/mol. The zero-order valence-electron chi connectivity index (χ0n) is 6.91. The lowest BCUT2D eigenvalue weighted by Crippen LogP contribution is -2.56. The minimum Gasteiger partial charge on any atom is -0.283 e. The van der Waals surface area contributed by atoms with Crippen LogP contribution in [0.25, 0.3) is 0 Å². The first kappa shape index (κ1) is 13.8. The van der Waals surface area contributed by atoms with E-state index in [2.05, 4.69) is 0 Å². The van der Waals surface area contributed by atoms with Crippen LogP contribution in [0, 0.1) is 0 Å². The van der Waals surface area contributed by atoms with Crippen molar-refractivity contribution in [1.29, 1.82) is 0 Å². The van der Waals surface area contributed by atoms with E-state index in [1.807, 2.05) is 13.8 Å². The molecule has 0 aliphatic carbocycles. The van der Waals surface area contributed by atoms with Crippen LogP contribution in [0.15, 0.2) is 0 Å². The second-order valence-corrected chi connectivity index (χ2v) is 18.5. The highest BCUT2D eigenvalue weighted by Gasteiger charge is 2.47. The smallest absolute Gasteiger partial charge is 0.283 e. The normalized spacial score (nSPS) is 14.5. The third kappa shape index (κ3) is 4.37. The van der Waals surface area contributed by atoms with Gasteiger partial charge >= 0.3 is 13.0 Å². The molecule has 0 aromatic heterocycles. The van der Waals surface area contributed by atoms with E-state index in [9.17, 15) is 0 Å². The van der Waals surface area contributed by atoms with Gasteiger partial charge in [-0.25, -0.2) is 0 Å². The van der Waals surface area contributed by atoms with Gasteiger partial charge in [-0.15, -0.1) is 55.4 Å². The van der Waals surface area contributed by atoms with E-state index in [-0.39, 0.29) is 6.04 Å². The van der Waals surface area contributed by atoms with Crippen LogP contribution < -0.4 is 0 Å². The van der Waals surface area contributed by atoms with E-state index in [1.54, 1.807) is 10.8 Å². The van der Waals surface area contributed by atoms with E-state index < -0.39 is 13.0 Å². The SMILES string of the molecule is CC(C)N([Si](C)(Cl)Cl)[Si](Cl)(Cl)Cl. The Morgan fingerprint density at radius 3 is 1.33 bits per heavy atom. The zero-order valence-corrected chi connectivity index (χ0v) is 12.7. The monoisotopic (exact) mass is 303 g/mol. The molecule has 0 aromatic rings. The summed E-state index contributed by atoms with van der Waals surface area (Å²) in [6.45, 7) is 3.00. The molecule has 0 spiro atoms. The summed E-state index contributed by atoms with van der Waals surface area (Å²) in [4.78, 5) is 0. The van der Waals surface area contributed by atoms with Gasteiger partial charge in [0.25, 0.3) is 0 Å². The molecule has 0 unspecified atom stereocenters. The molecule has 0 bridgehead atoms. The predicted octanol–water partition coefficient (Wildman–Crippen LogP) is 3.90. The van der Waals surface area contributed by atoms with Crippen LogP contribution in [-0.2, 0) is 0 Å². The quantitative estimate of drug-likeness (QED) is 0.565. The number of nitrogens with zero attached hydrogens (tertiary/aromatic N) is 1. The molecule has 74 valence electrons.